The highest BCUT2D eigenvalue weighted by atomic mass is 16.6. The molecule has 2 unspecified atom stereocenters. The van der Waals surface area contributed by atoms with Crippen molar-refractivity contribution in [2.45, 2.75) is 33.0 Å². The van der Waals surface area contributed by atoms with Crippen LogP contribution in [-0.2, 0) is 4.74 Å². The largest absolute Gasteiger partial charge is 0.417 e. The minimum Gasteiger partial charge on any atom is -0.410 e. The van der Waals surface area contributed by atoms with Crippen LogP contribution in [0.4, 0.5) is 16.3 Å². The third-order valence-electron chi connectivity index (χ3n) is 5.55. The minimum atomic E-state index is -0.585. The normalized spacial score (nSPS) is 17.8. The van der Waals surface area contributed by atoms with Gasteiger partial charge in [0, 0.05) is 13.1 Å². The van der Waals surface area contributed by atoms with Gasteiger partial charge in [0.1, 0.15) is 11.6 Å². The highest BCUT2D eigenvalue weighted by Crippen LogP contribution is 2.30. The number of carbonyl (C=O) groups excluding carboxylic acids is 1. The first-order valence-corrected chi connectivity index (χ1v) is 10.9. The van der Waals surface area contributed by atoms with E-state index in [1.54, 1.807) is 24.4 Å². The second kappa shape index (κ2) is 9.72. The van der Waals surface area contributed by atoms with Crippen LogP contribution in [0.2, 0.25) is 0 Å². The van der Waals surface area contributed by atoms with Crippen LogP contribution in [0.5, 0.6) is 5.75 Å². The van der Waals surface area contributed by atoms with E-state index in [0.29, 0.717) is 17.0 Å². The molecule has 1 N–H and O–H groups in total. The molecule has 3 aromatic rings. The molecule has 168 valence electrons. The van der Waals surface area contributed by atoms with Crippen LogP contribution < -0.4 is 15.0 Å². The predicted molar refractivity (Wildman–Crippen MR) is 127 cm³/mol. The van der Waals surface area contributed by atoms with Crippen molar-refractivity contribution in [3.63, 3.8) is 0 Å². The lowest BCUT2D eigenvalue weighted by molar-refractivity contribution is -0.00545. The summed E-state index contributed by atoms with van der Waals surface area (Å²) in [5.74, 6) is 1.32. The maximum Gasteiger partial charge on any atom is 0.417 e. The average Bonchev–Trinajstić information content (AvgIpc) is 2.80. The second-order valence-corrected chi connectivity index (χ2v) is 8.20. The molecule has 1 fully saturated rings. The fraction of sp³-hybridized carbons (Fsp3) is 0.269. The summed E-state index contributed by atoms with van der Waals surface area (Å²) in [5.41, 5.74) is 3.87. The Morgan fingerprint density at radius 3 is 2.48 bits per heavy atom. The molecule has 1 aliphatic heterocycles. The summed E-state index contributed by atoms with van der Waals surface area (Å²) in [7, 11) is 0. The van der Waals surface area contributed by atoms with Crippen LogP contribution in [0.1, 0.15) is 25.0 Å². The predicted octanol–water partition coefficient (Wildman–Crippen LogP) is 5.15. The summed E-state index contributed by atoms with van der Waals surface area (Å²) in [5, 5.41) is 11.7. The Kier molecular flexibility index (Phi) is 6.57. The molecule has 0 radical (unpaired) electrons. The number of hydrogen-bond acceptors (Lipinski definition) is 6. The fourth-order valence-electron chi connectivity index (χ4n) is 4.02. The Morgan fingerprint density at radius 2 is 1.85 bits per heavy atom. The zero-order chi connectivity index (χ0) is 23.4. The second-order valence-electron chi connectivity index (χ2n) is 8.20. The topological polar surface area (TPSA) is 87.5 Å². The number of pyridine rings is 1. The standard InChI is InChI=1S/C26H26N4O3/c1-17-15-30(16-18(2)32-17)25-12-11-22(14-28-25)29-26(31)33-24-6-4-5-23(19(24)3)21-9-7-20(13-27)8-10-21/h4-12,14,17-18H,15-16H2,1-3H3,(H,29,31). The first-order chi connectivity index (χ1) is 15.9. The van der Waals surface area contributed by atoms with Crippen LogP contribution in [0.3, 0.4) is 0 Å². The number of anilines is 2. The van der Waals surface area contributed by atoms with Gasteiger partial charge < -0.3 is 14.4 Å². The molecule has 0 saturated carbocycles. The molecule has 7 heteroatoms. The molecule has 1 amide bonds. The van der Waals surface area contributed by atoms with Gasteiger partial charge in [-0.3, -0.25) is 5.32 Å². The molecule has 0 aliphatic carbocycles. The van der Waals surface area contributed by atoms with Gasteiger partial charge in [0.15, 0.2) is 0 Å². The van der Waals surface area contributed by atoms with Crippen molar-refractivity contribution in [2.75, 3.05) is 23.3 Å². The van der Waals surface area contributed by atoms with Crippen molar-refractivity contribution in [1.82, 2.24) is 4.98 Å². The molecule has 33 heavy (non-hydrogen) atoms. The van der Waals surface area contributed by atoms with E-state index in [1.165, 1.54) is 0 Å². The zero-order valence-electron chi connectivity index (χ0n) is 18.9. The summed E-state index contributed by atoms with van der Waals surface area (Å²) in [6.07, 6.45) is 1.33. The highest BCUT2D eigenvalue weighted by molar-refractivity contribution is 5.87. The number of morpholine rings is 1. The monoisotopic (exact) mass is 442 g/mol. The lowest BCUT2D eigenvalue weighted by Crippen LogP contribution is -2.45. The Bertz CT molecular complexity index is 1160. The Labute approximate surface area is 193 Å². The van der Waals surface area contributed by atoms with Gasteiger partial charge in [0.25, 0.3) is 0 Å². The summed E-state index contributed by atoms with van der Waals surface area (Å²) in [6, 6.07) is 18.7. The smallest absolute Gasteiger partial charge is 0.410 e. The van der Waals surface area contributed by atoms with Gasteiger partial charge in [-0.1, -0.05) is 24.3 Å². The number of amides is 1. The van der Waals surface area contributed by atoms with Crippen LogP contribution in [0.15, 0.2) is 60.8 Å². The van der Waals surface area contributed by atoms with Crippen LogP contribution >= 0.6 is 0 Å². The molecule has 4 rings (SSSR count). The van der Waals surface area contributed by atoms with E-state index in [9.17, 15) is 4.79 Å². The van der Waals surface area contributed by atoms with Crippen LogP contribution in [0, 0.1) is 18.3 Å². The molecule has 2 atom stereocenters. The Hall–Kier alpha value is -3.89. The summed E-state index contributed by atoms with van der Waals surface area (Å²) >= 11 is 0. The fourth-order valence-corrected chi connectivity index (χ4v) is 4.02. The van der Waals surface area contributed by atoms with Crippen molar-refractivity contribution in [3.05, 3.63) is 71.9 Å². The first kappa shape index (κ1) is 22.3. The lowest BCUT2D eigenvalue weighted by Gasteiger charge is -2.36. The summed E-state index contributed by atoms with van der Waals surface area (Å²) < 4.78 is 11.3. The van der Waals surface area contributed by atoms with Gasteiger partial charge in [-0.2, -0.15) is 5.26 Å². The lowest BCUT2D eigenvalue weighted by atomic mass is 9.99. The van der Waals surface area contributed by atoms with E-state index in [1.807, 2.05) is 57.2 Å². The van der Waals surface area contributed by atoms with Crippen molar-refractivity contribution in [1.29, 1.82) is 5.26 Å². The molecule has 0 spiro atoms. The van der Waals surface area contributed by atoms with Crippen molar-refractivity contribution < 1.29 is 14.3 Å². The number of nitriles is 1. The summed E-state index contributed by atoms with van der Waals surface area (Å²) in [6.45, 7) is 7.55. The van der Waals surface area contributed by atoms with Crippen molar-refractivity contribution in [2.24, 2.45) is 0 Å². The molecular weight excluding hydrogens is 416 g/mol. The average molecular weight is 443 g/mol. The number of hydrogen-bond donors (Lipinski definition) is 1. The number of carbonyl (C=O) groups is 1. The van der Waals surface area contributed by atoms with Gasteiger partial charge in [-0.15, -0.1) is 0 Å². The van der Waals surface area contributed by atoms with Gasteiger partial charge in [0.2, 0.25) is 0 Å². The first-order valence-electron chi connectivity index (χ1n) is 10.9. The number of benzene rings is 2. The maximum atomic E-state index is 12.5. The van der Waals surface area contributed by atoms with Gasteiger partial charge in [-0.25, -0.2) is 9.78 Å². The van der Waals surface area contributed by atoms with Gasteiger partial charge in [-0.05, 0) is 67.8 Å². The molecule has 7 nitrogen and oxygen atoms in total. The van der Waals surface area contributed by atoms with Crippen molar-refractivity contribution >= 4 is 17.6 Å². The SMILES string of the molecule is Cc1c(OC(=O)Nc2ccc(N3CC(C)OC(C)C3)nc2)cccc1-c1ccc(C#N)cc1. The number of nitrogens with one attached hydrogen (secondary N) is 1. The third kappa shape index (κ3) is 5.30. The molecule has 2 heterocycles. The van der Waals surface area contributed by atoms with E-state index in [4.69, 9.17) is 14.7 Å². The molecule has 2 aromatic carbocycles. The van der Waals surface area contributed by atoms with Gasteiger partial charge in [0.05, 0.1) is 35.7 Å². The van der Waals surface area contributed by atoms with Crippen LogP contribution in [0.25, 0.3) is 11.1 Å². The number of ether oxygens (including phenoxy) is 2. The van der Waals surface area contributed by atoms with E-state index in [2.05, 4.69) is 21.3 Å². The Balaban J connectivity index is 1.42. The Morgan fingerprint density at radius 1 is 1.12 bits per heavy atom. The highest BCUT2D eigenvalue weighted by Gasteiger charge is 2.23. The quantitative estimate of drug-likeness (QED) is 0.601. The maximum absolute atomic E-state index is 12.5. The van der Waals surface area contributed by atoms with Crippen LogP contribution in [-0.4, -0.2) is 36.4 Å². The molecule has 1 aliphatic rings. The molecule has 0 bridgehead atoms. The number of aromatic nitrogens is 1. The zero-order valence-corrected chi connectivity index (χ0v) is 18.9. The van der Waals surface area contributed by atoms with E-state index < -0.39 is 6.09 Å². The minimum absolute atomic E-state index is 0.145. The molecular formula is C26H26N4O3. The summed E-state index contributed by atoms with van der Waals surface area (Å²) in [4.78, 5) is 19.2. The number of nitrogens with zero attached hydrogens (tertiary/aromatic N) is 3. The van der Waals surface area contributed by atoms with Gasteiger partial charge >= 0.3 is 6.09 Å². The van der Waals surface area contributed by atoms with E-state index >= 15 is 0 Å². The van der Waals surface area contributed by atoms with E-state index in [-0.39, 0.29) is 12.2 Å². The van der Waals surface area contributed by atoms with E-state index in [0.717, 1.165) is 35.6 Å². The number of rotatable bonds is 4. The molecule has 1 saturated heterocycles. The van der Waals surface area contributed by atoms with Crippen molar-refractivity contribution in [3.8, 4) is 22.9 Å². The molecule has 1 aromatic heterocycles. The third-order valence-corrected chi connectivity index (χ3v) is 5.55.